The standard InChI is InChI=1S/C24H23FN4O/c25-21-14-8-7-13-20(21)17-29-27-22(24(28-29)19-11-5-2-6-12-19)15-26-16-23(30)18-9-3-1-4-10-18/h1-14,23,26,30H,15-17H2/t23-/m1/s1. The number of aromatic nitrogens is 3. The van der Waals surface area contributed by atoms with Crippen LogP contribution in [0, 0.1) is 5.82 Å². The summed E-state index contributed by atoms with van der Waals surface area (Å²) < 4.78 is 14.0. The molecule has 0 fully saturated rings. The molecule has 2 N–H and O–H groups in total. The van der Waals surface area contributed by atoms with Crippen LogP contribution in [-0.4, -0.2) is 26.6 Å². The van der Waals surface area contributed by atoms with E-state index in [0.717, 1.165) is 22.5 Å². The quantitative estimate of drug-likeness (QED) is 0.468. The Balaban J connectivity index is 1.52. The van der Waals surface area contributed by atoms with Gasteiger partial charge in [0.15, 0.2) is 0 Å². The molecule has 0 unspecified atom stereocenters. The number of nitrogens with zero attached hydrogens (tertiary/aromatic N) is 3. The molecule has 0 saturated carbocycles. The van der Waals surface area contributed by atoms with Crippen molar-refractivity contribution in [2.45, 2.75) is 19.2 Å². The van der Waals surface area contributed by atoms with Gasteiger partial charge in [0.05, 0.1) is 12.6 Å². The van der Waals surface area contributed by atoms with Crippen molar-refractivity contribution >= 4 is 0 Å². The first-order valence-electron chi connectivity index (χ1n) is 9.87. The Kier molecular flexibility index (Phi) is 6.27. The third-order valence-corrected chi connectivity index (χ3v) is 4.86. The van der Waals surface area contributed by atoms with Gasteiger partial charge in [0.25, 0.3) is 0 Å². The minimum atomic E-state index is -0.611. The molecule has 1 aromatic heterocycles. The van der Waals surface area contributed by atoms with Gasteiger partial charge in [-0.25, -0.2) is 4.39 Å². The van der Waals surface area contributed by atoms with Crippen LogP contribution in [0.5, 0.6) is 0 Å². The van der Waals surface area contributed by atoms with Crippen LogP contribution in [0.4, 0.5) is 4.39 Å². The smallest absolute Gasteiger partial charge is 0.128 e. The first-order chi connectivity index (χ1) is 14.7. The van der Waals surface area contributed by atoms with E-state index in [1.54, 1.807) is 18.2 Å². The summed E-state index contributed by atoms with van der Waals surface area (Å²) >= 11 is 0. The van der Waals surface area contributed by atoms with E-state index in [-0.39, 0.29) is 12.4 Å². The average molecular weight is 402 g/mol. The predicted molar refractivity (Wildman–Crippen MR) is 114 cm³/mol. The molecular formula is C24H23FN4O. The van der Waals surface area contributed by atoms with E-state index < -0.39 is 6.10 Å². The molecule has 152 valence electrons. The fraction of sp³-hybridized carbons (Fsp3) is 0.167. The highest BCUT2D eigenvalue weighted by atomic mass is 19.1. The molecule has 0 aliphatic heterocycles. The van der Waals surface area contributed by atoms with Gasteiger partial charge in [-0.05, 0) is 11.6 Å². The second-order valence-electron chi connectivity index (χ2n) is 7.04. The zero-order chi connectivity index (χ0) is 20.8. The lowest BCUT2D eigenvalue weighted by molar-refractivity contribution is 0.174. The van der Waals surface area contributed by atoms with Crippen molar-refractivity contribution in [1.29, 1.82) is 0 Å². The number of nitrogens with one attached hydrogen (secondary N) is 1. The average Bonchev–Trinajstić information content (AvgIpc) is 3.19. The van der Waals surface area contributed by atoms with E-state index in [2.05, 4.69) is 15.5 Å². The van der Waals surface area contributed by atoms with Crippen LogP contribution in [-0.2, 0) is 13.1 Å². The van der Waals surface area contributed by atoms with Crippen LogP contribution in [0.2, 0.25) is 0 Å². The first kappa shape index (κ1) is 19.9. The third-order valence-electron chi connectivity index (χ3n) is 4.86. The molecule has 4 rings (SSSR count). The summed E-state index contributed by atoms with van der Waals surface area (Å²) in [5.74, 6) is -0.276. The van der Waals surface area contributed by atoms with Crippen LogP contribution in [0.15, 0.2) is 84.9 Å². The molecule has 6 heteroatoms. The van der Waals surface area contributed by atoms with Crippen LogP contribution >= 0.6 is 0 Å². The van der Waals surface area contributed by atoms with Crippen LogP contribution in [0.1, 0.15) is 22.9 Å². The van der Waals surface area contributed by atoms with Crippen molar-refractivity contribution in [3.63, 3.8) is 0 Å². The maximum atomic E-state index is 14.0. The maximum Gasteiger partial charge on any atom is 0.128 e. The van der Waals surface area contributed by atoms with Crippen LogP contribution in [0.25, 0.3) is 11.3 Å². The molecule has 0 bridgehead atoms. The van der Waals surface area contributed by atoms with Gasteiger partial charge < -0.3 is 10.4 Å². The molecule has 30 heavy (non-hydrogen) atoms. The van der Waals surface area contributed by atoms with E-state index in [1.165, 1.54) is 10.9 Å². The minimum absolute atomic E-state index is 0.249. The van der Waals surface area contributed by atoms with Crippen molar-refractivity contribution in [2.75, 3.05) is 6.54 Å². The lowest BCUT2D eigenvalue weighted by Crippen LogP contribution is -2.21. The van der Waals surface area contributed by atoms with Gasteiger partial charge in [0.1, 0.15) is 17.2 Å². The van der Waals surface area contributed by atoms with Gasteiger partial charge in [0, 0.05) is 24.2 Å². The highest BCUT2D eigenvalue weighted by Gasteiger charge is 2.15. The van der Waals surface area contributed by atoms with E-state index in [1.807, 2.05) is 60.7 Å². The molecule has 5 nitrogen and oxygen atoms in total. The normalized spacial score (nSPS) is 12.1. The monoisotopic (exact) mass is 402 g/mol. The van der Waals surface area contributed by atoms with Gasteiger partial charge in [-0.2, -0.15) is 15.0 Å². The Morgan fingerprint density at radius 3 is 2.27 bits per heavy atom. The summed E-state index contributed by atoms with van der Waals surface area (Å²) in [5.41, 5.74) is 3.83. The fourth-order valence-electron chi connectivity index (χ4n) is 3.29. The van der Waals surface area contributed by atoms with Gasteiger partial charge in [-0.1, -0.05) is 78.9 Å². The lowest BCUT2D eigenvalue weighted by Gasteiger charge is -2.11. The molecule has 3 aromatic carbocycles. The Hall–Kier alpha value is -3.35. The summed E-state index contributed by atoms with van der Waals surface area (Å²) in [6, 6.07) is 25.9. The summed E-state index contributed by atoms with van der Waals surface area (Å²) in [7, 11) is 0. The van der Waals surface area contributed by atoms with Gasteiger partial charge in [-0.3, -0.25) is 0 Å². The summed E-state index contributed by atoms with van der Waals surface area (Å²) in [6.07, 6.45) is -0.611. The van der Waals surface area contributed by atoms with Gasteiger partial charge >= 0.3 is 0 Å². The molecular weight excluding hydrogens is 379 g/mol. The maximum absolute atomic E-state index is 14.0. The summed E-state index contributed by atoms with van der Waals surface area (Å²) in [4.78, 5) is 1.52. The van der Waals surface area contributed by atoms with E-state index in [4.69, 9.17) is 0 Å². The molecule has 0 spiro atoms. The highest BCUT2D eigenvalue weighted by Crippen LogP contribution is 2.21. The second-order valence-corrected chi connectivity index (χ2v) is 7.04. The van der Waals surface area contributed by atoms with Crippen molar-refractivity contribution in [3.8, 4) is 11.3 Å². The summed E-state index contributed by atoms with van der Waals surface area (Å²) in [5, 5.41) is 22.8. The second kappa shape index (κ2) is 9.43. The minimum Gasteiger partial charge on any atom is -0.387 e. The highest BCUT2D eigenvalue weighted by molar-refractivity contribution is 5.60. The Labute approximate surface area is 174 Å². The Morgan fingerprint density at radius 2 is 1.53 bits per heavy atom. The first-order valence-corrected chi connectivity index (χ1v) is 9.87. The van der Waals surface area contributed by atoms with Gasteiger partial charge in [-0.15, -0.1) is 0 Å². The fourth-order valence-corrected chi connectivity index (χ4v) is 3.29. The number of aliphatic hydroxyl groups excluding tert-OH is 1. The van der Waals surface area contributed by atoms with Crippen molar-refractivity contribution in [3.05, 3.63) is 108 Å². The molecule has 1 atom stereocenters. The van der Waals surface area contributed by atoms with Crippen LogP contribution in [0.3, 0.4) is 0 Å². The Morgan fingerprint density at radius 1 is 0.867 bits per heavy atom. The number of hydrogen-bond donors (Lipinski definition) is 2. The van der Waals surface area contributed by atoms with E-state index in [9.17, 15) is 9.50 Å². The number of aliphatic hydroxyl groups is 1. The van der Waals surface area contributed by atoms with Crippen LogP contribution < -0.4 is 5.32 Å². The third kappa shape index (κ3) is 4.79. The summed E-state index contributed by atoms with van der Waals surface area (Å²) in [6.45, 7) is 1.07. The zero-order valence-corrected chi connectivity index (χ0v) is 16.4. The molecule has 0 saturated heterocycles. The van der Waals surface area contributed by atoms with E-state index >= 15 is 0 Å². The SMILES string of the molecule is O[C@H](CNCc1nn(Cc2ccccc2F)nc1-c1ccccc1)c1ccccc1. The largest absolute Gasteiger partial charge is 0.387 e. The predicted octanol–water partition coefficient (Wildman–Crippen LogP) is 3.96. The van der Waals surface area contributed by atoms with E-state index in [0.29, 0.717) is 18.7 Å². The molecule has 4 aromatic rings. The number of halogens is 1. The molecule has 0 aliphatic carbocycles. The van der Waals surface area contributed by atoms with Crippen molar-refractivity contribution in [2.24, 2.45) is 0 Å². The number of hydrogen-bond acceptors (Lipinski definition) is 4. The van der Waals surface area contributed by atoms with Gasteiger partial charge in [0.2, 0.25) is 0 Å². The topological polar surface area (TPSA) is 63.0 Å². The van der Waals surface area contributed by atoms with Crippen molar-refractivity contribution in [1.82, 2.24) is 20.3 Å². The zero-order valence-electron chi connectivity index (χ0n) is 16.4. The number of rotatable bonds is 8. The number of benzene rings is 3. The van der Waals surface area contributed by atoms with Crippen molar-refractivity contribution < 1.29 is 9.50 Å². The molecule has 0 amide bonds. The molecule has 1 heterocycles. The lowest BCUT2D eigenvalue weighted by atomic mass is 10.1. The Bertz CT molecular complexity index is 1080. The molecule has 0 aliphatic rings. The molecule has 0 radical (unpaired) electrons.